The topological polar surface area (TPSA) is 72.2 Å². The molecule has 0 radical (unpaired) electrons. The van der Waals surface area contributed by atoms with E-state index in [-0.39, 0.29) is 11.8 Å². The molecule has 0 amide bonds. The van der Waals surface area contributed by atoms with Crippen LogP contribution < -0.4 is 10.5 Å². The van der Waals surface area contributed by atoms with Gasteiger partial charge in [-0.3, -0.25) is 0 Å². The van der Waals surface area contributed by atoms with Gasteiger partial charge in [0.15, 0.2) is 0 Å². The van der Waals surface area contributed by atoms with E-state index < -0.39 is 10.0 Å². The maximum atomic E-state index is 11.7. The van der Waals surface area contributed by atoms with Crippen molar-refractivity contribution >= 4 is 10.0 Å². The van der Waals surface area contributed by atoms with Gasteiger partial charge in [0.05, 0.1) is 5.75 Å². The number of hydrogen-bond acceptors (Lipinski definition) is 3. The van der Waals surface area contributed by atoms with Crippen LogP contribution in [0, 0.1) is 5.92 Å². The monoisotopic (exact) mass is 248 g/mol. The van der Waals surface area contributed by atoms with Gasteiger partial charge in [-0.1, -0.05) is 26.2 Å². The predicted octanol–water partition coefficient (Wildman–Crippen LogP) is 1.22. The Labute approximate surface area is 99.0 Å². The average Bonchev–Trinajstić information content (AvgIpc) is 2.26. The largest absolute Gasteiger partial charge is 0.330 e. The molecule has 0 aliphatic heterocycles. The van der Waals surface area contributed by atoms with Gasteiger partial charge in [0.1, 0.15) is 0 Å². The molecule has 3 N–H and O–H groups in total. The number of rotatable bonds is 6. The van der Waals surface area contributed by atoms with Crippen LogP contribution in [0.1, 0.15) is 45.4 Å². The number of sulfonamides is 1. The molecule has 16 heavy (non-hydrogen) atoms. The molecule has 0 spiro atoms. The molecule has 1 rings (SSSR count). The lowest BCUT2D eigenvalue weighted by molar-refractivity contribution is 0.301. The summed E-state index contributed by atoms with van der Waals surface area (Å²) in [7, 11) is -3.11. The van der Waals surface area contributed by atoms with Gasteiger partial charge in [0.25, 0.3) is 0 Å². The molecule has 0 heterocycles. The maximum Gasteiger partial charge on any atom is 0.211 e. The van der Waals surface area contributed by atoms with Crippen LogP contribution in [0.5, 0.6) is 0 Å². The van der Waals surface area contributed by atoms with E-state index in [4.69, 9.17) is 5.73 Å². The third-order valence-electron chi connectivity index (χ3n) is 3.32. The second-order valence-electron chi connectivity index (χ2n) is 4.72. The zero-order valence-electron chi connectivity index (χ0n) is 10.1. The summed E-state index contributed by atoms with van der Waals surface area (Å²) >= 11 is 0. The summed E-state index contributed by atoms with van der Waals surface area (Å²) in [5.74, 6) is 0.854. The normalized spacial score (nSPS) is 26.9. The fraction of sp³-hybridized carbons (Fsp3) is 1.00. The zero-order valence-corrected chi connectivity index (χ0v) is 10.9. The van der Waals surface area contributed by atoms with Crippen molar-refractivity contribution in [3.63, 3.8) is 0 Å². The minimum absolute atomic E-state index is 0.154. The van der Waals surface area contributed by atoms with Crippen molar-refractivity contribution in [2.75, 3.05) is 12.3 Å². The Morgan fingerprint density at radius 2 is 2.12 bits per heavy atom. The molecular weight excluding hydrogens is 224 g/mol. The Hall–Kier alpha value is -0.130. The van der Waals surface area contributed by atoms with E-state index >= 15 is 0 Å². The molecular formula is C11H24N2O2S. The molecule has 1 saturated carbocycles. The third kappa shape index (κ3) is 4.80. The van der Waals surface area contributed by atoms with Crippen LogP contribution >= 0.6 is 0 Å². The Kier molecular flexibility index (Phi) is 5.72. The van der Waals surface area contributed by atoms with Crippen molar-refractivity contribution in [2.24, 2.45) is 11.7 Å². The average molecular weight is 248 g/mol. The smallest absolute Gasteiger partial charge is 0.211 e. The SMILES string of the molecule is CCC1CCCC(NS(=O)(=O)CCCN)C1. The van der Waals surface area contributed by atoms with Crippen LogP contribution in [0.4, 0.5) is 0 Å². The highest BCUT2D eigenvalue weighted by atomic mass is 32.2. The van der Waals surface area contributed by atoms with Gasteiger partial charge < -0.3 is 5.73 Å². The summed E-state index contributed by atoms with van der Waals surface area (Å²) in [6.45, 7) is 2.61. The molecule has 5 heteroatoms. The van der Waals surface area contributed by atoms with Crippen LogP contribution in [-0.4, -0.2) is 26.8 Å². The number of nitrogens with one attached hydrogen (secondary N) is 1. The number of hydrogen-bond donors (Lipinski definition) is 2. The molecule has 0 bridgehead atoms. The summed E-state index contributed by atoms with van der Waals surface area (Å²) in [4.78, 5) is 0. The van der Waals surface area contributed by atoms with Crippen LogP contribution in [-0.2, 0) is 10.0 Å². The highest BCUT2D eigenvalue weighted by Gasteiger charge is 2.24. The minimum atomic E-state index is -3.11. The van der Waals surface area contributed by atoms with Crippen LogP contribution in [0.3, 0.4) is 0 Å². The molecule has 0 saturated heterocycles. The van der Waals surface area contributed by atoms with Crippen molar-refractivity contribution < 1.29 is 8.42 Å². The quantitative estimate of drug-likeness (QED) is 0.742. The Morgan fingerprint density at radius 1 is 1.38 bits per heavy atom. The molecule has 0 aromatic rings. The molecule has 0 aromatic heterocycles. The van der Waals surface area contributed by atoms with Crippen molar-refractivity contribution in [3.05, 3.63) is 0 Å². The van der Waals surface area contributed by atoms with E-state index in [0.717, 1.165) is 25.7 Å². The molecule has 2 unspecified atom stereocenters. The van der Waals surface area contributed by atoms with E-state index in [1.165, 1.54) is 6.42 Å². The van der Waals surface area contributed by atoms with Gasteiger partial charge >= 0.3 is 0 Å². The van der Waals surface area contributed by atoms with Gasteiger partial charge in [-0.15, -0.1) is 0 Å². The fourth-order valence-corrected chi connectivity index (χ4v) is 3.74. The summed E-state index contributed by atoms with van der Waals surface area (Å²) in [5, 5.41) is 0. The Morgan fingerprint density at radius 3 is 2.75 bits per heavy atom. The lowest BCUT2D eigenvalue weighted by Crippen LogP contribution is -2.39. The summed E-state index contributed by atoms with van der Waals surface area (Å²) < 4.78 is 26.2. The van der Waals surface area contributed by atoms with Crippen LogP contribution in [0.15, 0.2) is 0 Å². The van der Waals surface area contributed by atoms with Crippen LogP contribution in [0.2, 0.25) is 0 Å². The molecule has 1 fully saturated rings. The van der Waals surface area contributed by atoms with Gasteiger partial charge in [-0.05, 0) is 31.7 Å². The molecule has 2 atom stereocenters. The van der Waals surface area contributed by atoms with Crippen molar-refractivity contribution in [1.82, 2.24) is 4.72 Å². The maximum absolute atomic E-state index is 11.7. The van der Waals surface area contributed by atoms with E-state index in [0.29, 0.717) is 18.9 Å². The van der Waals surface area contributed by atoms with E-state index in [9.17, 15) is 8.42 Å². The summed E-state index contributed by atoms with van der Waals surface area (Å²) in [6.07, 6.45) is 6.07. The lowest BCUT2D eigenvalue weighted by atomic mass is 9.85. The first kappa shape index (κ1) is 13.9. The Balaban J connectivity index is 2.40. The second kappa shape index (κ2) is 6.57. The highest BCUT2D eigenvalue weighted by Crippen LogP contribution is 2.26. The summed E-state index contributed by atoms with van der Waals surface area (Å²) in [5.41, 5.74) is 5.32. The minimum Gasteiger partial charge on any atom is -0.330 e. The first-order valence-corrected chi connectivity index (χ1v) is 7.92. The molecule has 1 aliphatic rings. The van der Waals surface area contributed by atoms with Gasteiger partial charge in [-0.25, -0.2) is 13.1 Å². The van der Waals surface area contributed by atoms with Gasteiger partial charge in [0, 0.05) is 6.04 Å². The van der Waals surface area contributed by atoms with E-state index in [2.05, 4.69) is 11.6 Å². The molecule has 4 nitrogen and oxygen atoms in total. The lowest BCUT2D eigenvalue weighted by Gasteiger charge is -2.28. The first-order valence-electron chi connectivity index (χ1n) is 6.27. The van der Waals surface area contributed by atoms with Crippen molar-refractivity contribution in [2.45, 2.75) is 51.5 Å². The van der Waals surface area contributed by atoms with E-state index in [1.54, 1.807) is 0 Å². The van der Waals surface area contributed by atoms with Crippen molar-refractivity contribution in [1.29, 1.82) is 0 Å². The van der Waals surface area contributed by atoms with Gasteiger partial charge in [-0.2, -0.15) is 0 Å². The highest BCUT2D eigenvalue weighted by molar-refractivity contribution is 7.89. The second-order valence-corrected chi connectivity index (χ2v) is 6.59. The third-order valence-corrected chi connectivity index (χ3v) is 4.84. The fourth-order valence-electron chi connectivity index (χ4n) is 2.36. The Bertz CT molecular complexity index is 290. The molecule has 1 aliphatic carbocycles. The molecule has 0 aromatic carbocycles. The van der Waals surface area contributed by atoms with Crippen LogP contribution in [0.25, 0.3) is 0 Å². The van der Waals surface area contributed by atoms with Crippen molar-refractivity contribution in [3.8, 4) is 0 Å². The first-order chi connectivity index (χ1) is 7.57. The summed E-state index contributed by atoms with van der Waals surface area (Å²) in [6, 6.07) is 0.154. The van der Waals surface area contributed by atoms with E-state index in [1.807, 2.05) is 0 Å². The standard InChI is InChI=1S/C11H24N2O2S/c1-2-10-5-3-6-11(9-10)13-16(14,15)8-4-7-12/h10-11,13H,2-9,12H2,1H3. The predicted molar refractivity (Wildman–Crippen MR) is 66.6 cm³/mol. The number of nitrogens with two attached hydrogens (primary N) is 1. The molecule has 96 valence electrons. The zero-order chi connectivity index (χ0) is 12.0. The van der Waals surface area contributed by atoms with Gasteiger partial charge in [0.2, 0.25) is 10.0 Å².